The molecule has 0 radical (unpaired) electrons. The predicted octanol–water partition coefficient (Wildman–Crippen LogP) is 6.46. The first-order valence-electron chi connectivity index (χ1n) is 9.15. The van der Waals surface area contributed by atoms with Crippen LogP contribution in [-0.2, 0) is 4.74 Å². The van der Waals surface area contributed by atoms with E-state index >= 15 is 0 Å². The molecule has 0 aliphatic heterocycles. The molecule has 1 nitrogen and oxygen atoms in total. The van der Waals surface area contributed by atoms with E-state index in [-0.39, 0.29) is 0 Å². The Kier molecular flexibility index (Phi) is 6.39. The minimum Gasteiger partial charge on any atom is -0.467 e. The second kappa shape index (κ2) is 8.06. The zero-order chi connectivity index (χ0) is 15.2. The first-order valence-corrected chi connectivity index (χ1v) is 9.15. The molecule has 2 rings (SSSR count). The highest BCUT2D eigenvalue weighted by molar-refractivity contribution is 5.02. The lowest BCUT2D eigenvalue weighted by Crippen LogP contribution is -2.21. The summed E-state index contributed by atoms with van der Waals surface area (Å²) in [7, 11) is 0. The van der Waals surface area contributed by atoms with E-state index in [2.05, 4.69) is 27.0 Å². The summed E-state index contributed by atoms with van der Waals surface area (Å²) in [5, 5.41) is 0. The maximum atomic E-state index is 6.09. The number of allylic oxidation sites excluding steroid dienone is 2. The molecule has 0 bridgehead atoms. The summed E-state index contributed by atoms with van der Waals surface area (Å²) in [6, 6.07) is 0. The molecule has 0 aromatic heterocycles. The lowest BCUT2D eigenvalue weighted by Gasteiger charge is -2.32. The van der Waals surface area contributed by atoms with E-state index < -0.39 is 0 Å². The van der Waals surface area contributed by atoms with Crippen LogP contribution in [0.4, 0.5) is 0 Å². The molecule has 0 aromatic carbocycles. The fourth-order valence-corrected chi connectivity index (χ4v) is 4.15. The van der Waals surface area contributed by atoms with Gasteiger partial charge in [-0.15, -0.1) is 0 Å². The highest BCUT2D eigenvalue weighted by Gasteiger charge is 2.27. The van der Waals surface area contributed by atoms with Crippen molar-refractivity contribution < 1.29 is 4.74 Å². The summed E-state index contributed by atoms with van der Waals surface area (Å²) in [5.41, 5.74) is 0. The van der Waals surface area contributed by atoms with Crippen LogP contribution in [0.15, 0.2) is 24.7 Å². The minimum atomic E-state index is 0.473. The van der Waals surface area contributed by atoms with Crippen LogP contribution in [0.3, 0.4) is 0 Å². The van der Waals surface area contributed by atoms with Gasteiger partial charge < -0.3 is 4.74 Å². The Labute approximate surface area is 131 Å². The van der Waals surface area contributed by atoms with Gasteiger partial charge in [0, 0.05) is 11.8 Å². The van der Waals surface area contributed by atoms with E-state index in [1.165, 1.54) is 64.2 Å². The number of ether oxygens (including phenoxy) is 1. The fourth-order valence-electron chi connectivity index (χ4n) is 4.15. The van der Waals surface area contributed by atoms with E-state index in [0.29, 0.717) is 11.8 Å². The van der Waals surface area contributed by atoms with Crippen LogP contribution < -0.4 is 0 Å². The van der Waals surface area contributed by atoms with Crippen LogP contribution in [0, 0.1) is 23.7 Å². The van der Waals surface area contributed by atoms with E-state index in [1.807, 2.05) is 0 Å². The van der Waals surface area contributed by atoms with Crippen molar-refractivity contribution in [2.45, 2.75) is 78.1 Å². The Morgan fingerprint density at radius 1 is 0.714 bits per heavy atom. The third-order valence-corrected chi connectivity index (χ3v) is 5.99. The standard InChI is InChI=1S/C20H34O/c1-15(19-11-7-5-8-12-19)17(3)21-18(4)16(2)20-13-9-6-10-14-20/h15-16,19-20H,3-14H2,1-2H3. The number of hydrogen-bond acceptors (Lipinski definition) is 1. The van der Waals surface area contributed by atoms with Crippen LogP contribution in [0.5, 0.6) is 0 Å². The van der Waals surface area contributed by atoms with E-state index in [4.69, 9.17) is 4.74 Å². The molecule has 1 heteroatoms. The van der Waals surface area contributed by atoms with Gasteiger partial charge in [0.15, 0.2) is 0 Å². The average molecular weight is 290 g/mol. The first-order chi connectivity index (χ1) is 10.1. The summed E-state index contributed by atoms with van der Waals surface area (Å²) >= 11 is 0. The Bertz CT molecular complexity index is 311. The van der Waals surface area contributed by atoms with Gasteiger partial charge >= 0.3 is 0 Å². The van der Waals surface area contributed by atoms with Crippen molar-refractivity contribution in [1.82, 2.24) is 0 Å². The minimum absolute atomic E-state index is 0.473. The van der Waals surface area contributed by atoms with E-state index in [9.17, 15) is 0 Å². The maximum absolute atomic E-state index is 6.09. The summed E-state index contributed by atoms with van der Waals surface area (Å²) in [6.45, 7) is 13.0. The van der Waals surface area contributed by atoms with Crippen molar-refractivity contribution >= 4 is 0 Å². The molecule has 2 unspecified atom stereocenters. The molecule has 2 aliphatic rings. The average Bonchev–Trinajstić information content (AvgIpc) is 2.55. The van der Waals surface area contributed by atoms with Crippen LogP contribution >= 0.6 is 0 Å². The zero-order valence-electron chi connectivity index (χ0n) is 14.2. The van der Waals surface area contributed by atoms with Crippen LogP contribution in [0.2, 0.25) is 0 Å². The third kappa shape index (κ3) is 4.63. The van der Waals surface area contributed by atoms with Crippen molar-refractivity contribution in [3.8, 4) is 0 Å². The van der Waals surface area contributed by atoms with Crippen LogP contribution in [-0.4, -0.2) is 0 Å². The molecule has 120 valence electrons. The predicted molar refractivity (Wildman–Crippen MR) is 90.8 cm³/mol. The molecule has 0 saturated heterocycles. The van der Waals surface area contributed by atoms with Crippen molar-refractivity contribution in [2.24, 2.45) is 23.7 Å². The summed E-state index contributed by atoms with van der Waals surface area (Å²) in [5.74, 6) is 4.39. The second-order valence-electron chi connectivity index (χ2n) is 7.41. The van der Waals surface area contributed by atoms with Gasteiger partial charge in [-0.3, -0.25) is 0 Å². The molecule has 2 saturated carbocycles. The highest BCUT2D eigenvalue weighted by Crippen LogP contribution is 2.37. The van der Waals surface area contributed by atoms with Gasteiger partial charge in [0.2, 0.25) is 0 Å². The molecular formula is C20H34O. The normalized spacial score (nSPS) is 24.3. The smallest absolute Gasteiger partial charge is 0.0995 e. The maximum Gasteiger partial charge on any atom is 0.0995 e. The largest absolute Gasteiger partial charge is 0.467 e. The summed E-state index contributed by atoms with van der Waals surface area (Å²) < 4.78 is 6.09. The van der Waals surface area contributed by atoms with Crippen molar-refractivity contribution in [1.29, 1.82) is 0 Å². The van der Waals surface area contributed by atoms with Crippen molar-refractivity contribution in [2.75, 3.05) is 0 Å². The molecule has 0 aromatic rings. The molecule has 2 aliphatic carbocycles. The quantitative estimate of drug-likeness (QED) is 0.510. The Balaban J connectivity index is 1.81. The Morgan fingerprint density at radius 2 is 1.05 bits per heavy atom. The molecular weight excluding hydrogens is 256 g/mol. The lowest BCUT2D eigenvalue weighted by molar-refractivity contribution is 0.154. The zero-order valence-corrected chi connectivity index (χ0v) is 14.2. The van der Waals surface area contributed by atoms with Gasteiger partial charge in [-0.2, -0.15) is 0 Å². The Hall–Kier alpha value is -0.720. The number of rotatable bonds is 6. The monoisotopic (exact) mass is 290 g/mol. The Morgan fingerprint density at radius 3 is 1.38 bits per heavy atom. The van der Waals surface area contributed by atoms with E-state index in [0.717, 1.165) is 23.4 Å². The van der Waals surface area contributed by atoms with Crippen LogP contribution in [0.25, 0.3) is 0 Å². The van der Waals surface area contributed by atoms with Gasteiger partial charge in [-0.25, -0.2) is 0 Å². The van der Waals surface area contributed by atoms with Crippen molar-refractivity contribution in [3.63, 3.8) is 0 Å². The van der Waals surface area contributed by atoms with E-state index in [1.54, 1.807) is 0 Å². The fraction of sp³-hybridized carbons (Fsp3) is 0.800. The SMILES string of the molecule is C=C(OC(=C)C(C)C1CCCCC1)C(C)C1CCCCC1. The first kappa shape index (κ1) is 16.6. The molecule has 0 spiro atoms. The lowest BCUT2D eigenvalue weighted by atomic mass is 9.79. The van der Waals surface area contributed by atoms with Crippen molar-refractivity contribution in [3.05, 3.63) is 24.7 Å². The molecule has 2 atom stereocenters. The molecule has 21 heavy (non-hydrogen) atoms. The molecule has 0 N–H and O–H groups in total. The van der Waals surface area contributed by atoms with Gasteiger partial charge in [-0.05, 0) is 37.5 Å². The molecule has 0 amide bonds. The summed E-state index contributed by atoms with van der Waals surface area (Å²) in [6.07, 6.45) is 13.7. The second-order valence-corrected chi connectivity index (χ2v) is 7.41. The van der Waals surface area contributed by atoms with Crippen LogP contribution in [0.1, 0.15) is 78.1 Å². The summed E-state index contributed by atoms with van der Waals surface area (Å²) in [4.78, 5) is 0. The van der Waals surface area contributed by atoms with Gasteiger partial charge in [0.05, 0.1) is 11.5 Å². The third-order valence-electron chi connectivity index (χ3n) is 5.99. The molecule has 2 fully saturated rings. The highest BCUT2D eigenvalue weighted by atomic mass is 16.5. The van der Waals surface area contributed by atoms with Gasteiger partial charge in [0.1, 0.15) is 0 Å². The van der Waals surface area contributed by atoms with Gasteiger partial charge in [0.25, 0.3) is 0 Å². The number of hydrogen-bond donors (Lipinski definition) is 0. The van der Waals surface area contributed by atoms with Gasteiger partial charge in [-0.1, -0.05) is 65.5 Å². The topological polar surface area (TPSA) is 9.23 Å². The molecule has 0 heterocycles.